The highest BCUT2D eigenvalue weighted by atomic mass is 32.2. The van der Waals surface area contributed by atoms with E-state index in [0.717, 1.165) is 44.1 Å². The second-order valence-electron chi connectivity index (χ2n) is 8.11. The molecule has 1 unspecified atom stereocenters. The number of aromatic nitrogens is 1. The van der Waals surface area contributed by atoms with Crippen molar-refractivity contribution in [1.29, 1.82) is 0 Å². The molecule has 1 aliphatic heterocycles. The number of nitrogens with one attached hydrogen (secondary N) is 2. The third-order valence-corrected chi connectivity index (χ3v) is 7.10. The normalized spacial score (nSPS) is 18.0. The topological polar surface area (TPSA) is 105 Å². The number of aryl methyl sites for hydroxylation is 1. The summed E-state index contributed by atoms with van der Waals surface area (Å²) >= 11 is 0. The number of nitrogens with zero attached hydrogens (tertiary/aromatic N) is 2. The first-order valence-corrected chi connectivity index (χ1v) is 12.2. The quantitative estimate of drug-likeness (QED) is 0.589. The lowest BCUT2D eigenvalue weighted by Gasteiger charge is -2.20. The molecule has 1 atom stereocenters. The molecule has 2 aromatic rings. The number of anilines is 2. The Morgan fingerprint density at radius 3 is 2.73 bits per heavy atom. The number of halogens is 3. The fraction of sp³-hybridized carbons (Fsp3) is 0.524. The monoisotopic (exact) mass is 488 g/mol. The van der Waals surface area contributed by atoms with E-state index in [1.807, 2.05) is 4.72 Å². The first-order valence-electron chi connectivity index (χ1n) is 10.7. The van der Waals surface area contributed by atoms with Crippen LogP contribution in [0.5, 0.6) is 0 Å². The lowest BCUT2D eigenvalue weighted by molar-refractivity contribution is -0.137. The number of hydrogen-bond donors (Lipinski definition) is 2. The zero-order valence-corrected chi connectivity index (χ0v) is 19.2. The van der Waals surface area contributed by atoms with Gasteiger partial charge in [-0.3, -0.25) is 4.79 Å². The van der Waals surface area contributed by atoms with Gasteiger partial charge in [-0.05, 0) is 49.8 Å². The highest BCUT2D eigenvalue weighted by Gasteiger charge is 2.31. The minimum atomic E-state index is -4.52. The summed E-state index contributed by atoms with van der Waals surface area (Å²) < 4.78 is 72.6. The highest BCUT2D eigenvalue weighted by molar-refractivity contribution is 7.87. The van der Waals surface area contributed by atoms with Crippen LogP contribution in [0.25, 0.3) is 0 Å². The van der Waals surface area contributed by atoms with E-state index in [4.69, 9.17) is 4.42 Å². The molecule has 12 heteroatoms. The molecule has 1 saturated heterocycles. The summed E-state index contributed by atoms with van der Waals surface area (Å²) in [6.45, 7) is 4.34. The van der Waals surface area contributed by atoms with Crippen LogP contribution in [-0.4, -0.2) is 36.7 Å². The average Bonchev–Trinajstić information content (AvgIpc) is 3.06. The molecule has 1 aromatic carbocycles. The summed E-state index contributed by atoms with van der Waals surface area (Å²) in [4.78, 5) is 16.3. The van der Waals surface area contributed by atoms with E-state index in [1.54, 1.807) is 6.92 Å². The van der Waals surface area contributed by atoms with Crippen LogP contribution in [-0.2, 0) is 16.4 Å². The molecule has 3 rings (SSSR count). The Morgan fingerprint density at radius 2 is 2.03 bits per heavy atom. The Balaban J connectivity index is 1.66. The largest absolute Gasteiger partial charge is 0.431 e. The van der Waals surface area contributed by atoms with Crippen molar-refractivity contribution in [3.05, 3.63) is 41.3 Å². The van der Waals surface area contributed by atoms with Crippen molar-refractivity contribution < 1.29 is 30.8 Å². The first kappa shape index (κ1) is 25.0. The fourth-order valence-corrected chi connectivity index (χ4v) is 4.98. The first-order chi connectivity index (χ1) is 15.5. The number of amides is 1. The maximum Gasteiger partial charge on any atom is 0.416 e. The predicted molar refractivity (Wildman–Crippen MR) is 116 cm³/mol. The molecule has 0 saturated carbocycles. The Bertz CT molecular complexity index is 1090. The third kappa shape index (κ3) is 6.47. The molecule has 0 bridgehead atoms. The van der Waals surface area contributed by atoms with Crippen molar-refractivity contribution in [3.63, 3.8) is 0 Å². The number of benzene rings is 1. The van der Waals surface area contributed by atoms with E-state index >= 15 is 0 Å². The molecule has 0 spiro atoms. The molecule has 33 heavy (non-hydrogen) atoms. The Hall–Kier alpha value is -2.60. The summed E-state index contributed by atoms with van der Waals surface area (Å²) in [6.07, 6.45) is 0.892. The van der Waals surface area contributed by atoms with Crippen molar-refractivity contribution in [2.45, 2.75) is 52.1 Å². The summed E-state index contributed by atoms with van der Waals surface area (Å²) in [5, 5.41) is 2.59. The van der Waals surface area contributed by atoms with Gasteiger partial charge in [0.2, 0.25) is 0 Å². The van der Waals surface area contributed by atoms with Gasteiger partial charge >= 0.3 is 16.4 Å². The molecule has 1 amide bonds. The molecule has 2 heterocycles. The van der Waals surface area contributed by atoms with Crippen LogP contribution in [0.1, 0.15) is 60.6 Å². The summed E-state index contributed by atoms with van der Waals surface area (Å²) in [7, 11) is -4.06. The summed E-state index contributed by atoms with van der Waals surface area (Å²) in [5.74, 6) is -0.517. The van der Waals surface area contributed by atoms with Crippen molar-refractivity contribution in [2.24, 2.45) is 5.92 Å². The van der Waals surface area contributed by atoms with Gasteiger partial charge in [-0.2, -0.15) is 30.9 Å². The van der Waals surface area contributed by atoms with E-state index in [1.165, 1.54) is 10.4 Å². The lowest BCUT2D eigenvalue weighted by Crippen LogP contribution is -2.44. The van der Waals surface area contributed by atoms with Gasteiger partial charge in [-0.25, -0.2) is 4.72 Å². The van der Waals surface area contributed by atoms with Crippen molar-refractivity contribution in [3.8, 4) is 0 Å². The Kier molecular flexibility index (Phi) is 7.68. The summed E-state index contributed by atoms with van der Waals surface area (Å²) in [6, 6.07) is 2.90. The highest BCUT2D eigenvalue weighted by Crippen LogP contribution is 2.33. The smallest absolute Gasteiger partial charge is 0.416 e. The average molecular weight is 489 g/mol. The van der Waals surface area contributed by atoms with E-state index < -0.39 is 27.9 Å². The van der Waals surface area contributed by atoms with Crippen molar-refractivity contribution >= 4 is 27.8 Å². The SMILES string of the molecule is CCCC1CCCN(S(=O)(=O)NC(=O)c2coc(Nc3cc(C(F)(F)F)ccc3C)n2)CC1. The molecule has 182 valence electrons. The van der Waals surface area contributed by atoms with Crippen LogP contribution in [0.15, 0.2) is 28.9 Å². The third-order valence-electron chi connectivity index (χ3n) is 5.61. The van der Waals surface area contributed by atoms with Crippen LogP contribution in [0.4, 0.5) is 24.9 Å². The molecule has 0 radical (unpaired) electrons. The van der Waals surface area contributed by atoms with Gasteiger partial charge in [0.1, 0.15) is 6.26 Å². The van der Waals surface area contributed by atoms with Gasteiger partial charge in [0.15, 0.2) is 5.69 Å². The van der Waals surface area contributed by atoms with E-state index in [0.29, 0.717) is 31.0 Å². The standard InChI is InChI=1S/C21H27F3N4O4S/c1-3-5-15-6-4-10-28(11-9-15)33(30,31)27-19(29)18-13-32-20(26-18)25-17-12-16(21(22,23)24)8-7-14(17)2/h7-8,12-13,15H,3-6,9-11H2,1-2H3,(H,25,26)(H,27,29). The number of hydrogen-bond acceptors (Lipinski definition) is 6. The number of oxazole rings is 1. The van der Waals surface area contributed by atoms with Crippen LogP contribution in [0, 0.1) is 12.8 Å². The molecule has 1 aromatic heterocycles. The lowest BCUT2D eigenvalue weighted by atomic mass is 9.96. The second-order valence-corrected chi connectivity index (χ2v) is 9.78. The van der Waals surface area contributed by atoms with Crippen LogP contribution in [0.2, 0.25) is 0 Å². The maximum atomic E-state index is 13.0. The predicted octanol–water partition coefficient (Wildman–Crippen LogP) is 4.62. The van der Waals surface area contributed by atoms with Gasteiger partial charge in [-0.1, -0.05) is 25.8 Å². The van der Waals surface area contributed by atoms with E-state index in [2.05, 4.69) is 17.2 Å². The zero-order chi connectivity index (χ0) is 24.2. The summed E-state index contributed by atoms with van der Waals surface area (Å²) in [5.41, 5.74) is -0.580. The molecular weight excluding hydrogens is 461 g/mol. The van der Waals surface area contributed by atoms with Gasteiger partial charge < -0.3 is 9.73 Å². The number of carbonyl (C=O) groups is 1. The van der Waals surface area contributed by atoms with Crippen molar-refractivity contribution in [1.82, 2.24) is 14.0 Å². The van der Waals surface area contributed by atoms with E-state index in [9.17, 15) is 26.4 Å². The fourth-order valence-electron chi connectivity index (χ4n) is 3.79. The number of alkyl halides is 3. The van der Waals surface area contributed by atoms with Gasteiger partial charge in [0, 0.05) is 18.8 Å². The number of carbonyl (C=O) groups excluding carboxylic acids is 1. The van der Waals surface area contributed by atoms with E-state index in [-0.39, 0.29) is 17.4 Å². The molecule has 2 N–H and O–H groups in total. The minimum absolute atomic E-state index is 0.0949. The zero-order valence-electron chi connectivity index (χ0n) is 18.4. The van der Waals surface area contributed by atoms with Crippen LogP contribution in [0.3, 0.4) is 0 Å². The van der Waals surface area contributed by atoms with Gasteiger partial charge in [0.25, 0.3) is 11.9 Å². The van der Waals surface area contributed by atoms with Gasteiger partial charge in [-0.15, -0.1) is 0 Å². The van der Waals surface area contributed by atoms with Crippen molar-refractivity contribution in [2.75, 3.05) is 18.4 Å². The van der Waals surface area contributed by atoms with Crippen LogP contribution >= 0.6 is 0 Å². The molecule has 1 aliphatic rings. The Labute approximate surface area is 190 Å². The minimum Gasteiger partial charge on any atom is -0.431 e. The molecule has 0 aliphatic carbocycles. The molecule has 1 fully saturated rings. The van der Waals surface area contributed by atoms with Crippen LogP contribution < -0.4 is 10.0 Å². The molecular formula is C21H27F3N4O4S. The molecule has 8 nitrogen and oxygen atoms in total. The Morgan fingerprint density at radius 1 is 1.27 bits per heavy atom. The number of rotatable bonds is 7. The second kappa shape index (κ2) is 10.1. The van der Waals surface area contributed by atoms with Gasteiger partial charge in [0.05, 0.1) is 5.56 Å². The maximum absolute atomic E-state index is 13.0.